The molecule has 0 spiro atoms. The molecule has 4 nitrogen and oxygen atoms in total. The molecule has 1 aliphatic carbocycles. The molecule has 1 N–H and O–H groups in total. The Labute approximate surface area is 107 Å². The summed E-state index contributed by atoms with van der Waals surface area (Å²) in [7, 11) is 0. The molecule has 1 fully saturated rings. The fourth-order valence-electron chi connectivity index (χ4n) is 1.58. The zero-order chi connectivity index (χ0) is 12.1. The van der Waals surface area contributed by atoms with E-state index in [4.69, 9.17) is 16.3 Å². The predicted octanol–water partition coefficient (Wildman–Crippen LogP) is 2.85. The van der Waals surface area contributed by atoms with Crippen LogP contribution in [0.4, 0.5) is 5.82 Å². The lowest BCUT2D eigenvalue weighted by Gasteiger charge is -2.07. The van der Waals surface area contributed by atoms with Gasteiger partial charge in [-0.25, -0.2) is 9.97 Å². The van der Waals surface area contributed by atoms with Crippen molar-refractivity contribution in [2.24, 2.45) is 0 Å². The molecule has 1 aliphatic rings. The molecule has 1 aromatic heterocycles. The topological polar surface area (TPSA) is 47.0 Å². The molecular formula is C12H18ClN3O. The lowest BCUT2D eigenvalue weighted by atomic mass is 10.4. The minimum absolute atomic E-state index is 0.522. The van der Waals surface area contributed by atoms with Gasteiger partial charge in [0, 0.05) is 31.7 Å². The Kier molecular flexibility index (Phi) is 4.57. The summed E-state index contributed by atoms with van der Waals surface area (Å²) in [4.78, 5) is 8.71. The second-order valence-corrected chi connectivity index (χ2v) is 4.57. The number of aromatic nitrogens is 2. The average molecular weight is 256 g/mol. The van der Waals surface area contributed by atoms with E-state index in [1.54, 1.807) is 6.07 Å². The molecule has 1 saturated carbocycles. The first-order chi connectivity index (χ1) is 8.29. The van der Waals surface area contributed by atoms with Gasteiger partial charge in [0.25, 0.3) is 0 Å². The van der Waals surface area contributed by atoms with Gasteiger partial charge in [0.1, 0.15) is 16.8 Å². The Hall–Kier alpha value is -0.870. The smallest absolute Gasteiger partial charge is 0.135 e. The van der Waals surface area contributed by atoms with Gasteiger partial charge in [-0.2, -0.15) is 0 Å². The van der Waals surface area contributed by atoms with E-state index in [-0.39, 0.29) is 0 Å². The summed E-state index contributed by atoms with van der Waals surface area (Å²) in [6, 6.07) is 1.77. The van der Waals surface area contributed by atoms with Gasteiger partial charge < -0.3 is 10.1 Å². The van der Waals surface area contributed by atoms with Crippen LogP contribution in [0.5, 0.6) is 0 Å². The Morgan fingerprint density at radius 2 is 2.29 bits per heavy atom. The van der Waals surface area contributed by atoms with Gasteiger partial charge in [0.05, 0.1) is 0 Å². The second-order valence-electron chi connectivity index (χ2n) is 4.19. The van der Waals surface area contributed by atoms with Crippen molar-refractivity contribution in [1.82, 2.24) is 9.97 Å². The number of hydrogen-bond acceptors (Lipinski definition) is 4. The Balaban J connectivity index is 1.82. The maximum Gasteiger partial charge on any atom is 0.135 e. The molecule has 17 heavy (non-hydrogen) atoms. The van der Waals surface area contributed by atoms with Crippen LogP contribution in [0.2, 0.25) is 5.15 Å². The average Bonchev–Trinajstić information content (AvgIpc) is 3.12. The maximum atomic E-state index is 5.97. The Morgan fingerprint density at radius 3 is 3.00 bits per heavy atom. The van der Waals surface area contributed by atoms with Gasteiger partial charge in [-0.05, 0) is 26.2 Å². The summed E-state index contributed by atoms with van der Waals surface area (Å²) >= 11 is 5.97. The van der Waals surface area contributed by atoms with Crippen LogP contribution in [0.15, 0.2) is 6.07 Å². The number of hydrogen-bond donors (Lipinski definition) is 1. The van der Waals surface area contributed by atoms with Gasteiger partial charge in [-0.3, -0.25) is 0 Å². The highest BCUT2D eigenvalue weighted by Crippen LogP contribution is 2.38. The molecule has 0 radical (unpaired) electrons. The third-order valence-corrected chi connectivity index (χ3v) is 2.82. The van der Waals surface area contributed by atoms with Crippen molar-refractivity contribution in [2.75, 3.05) is 25.1 Å². The quantitative estimate of drug-likeness (QED) is 0.601. The summed E-state index contributed by atoms with van der Waals surface area (Å²) in [6.45, 7) is 4.39. The molecule has 0 bridgehead atoms. The summed E-state index contributed by atoms with van der Waals surface area (Å²) in [5.41, 5.74) is 0. The van der Waals surface area contributed by atoms with E-state index in [9.17, 15) is 0 Å². The summed E-state index contributed by atoms with van der Waals surface area (Å²) in [5.74, 6) is 2.23. The first-order valence-electron chi connectivity index (χ1n) is 6.15. The van der Waals surface area contributed by atoms with Crippen LogP contribution in [0.3, 0.4) is 0 Å². The molecule has 5 heteroatoms. The van der Waals surface area contributed by atoms with E-state index in [1.807, 2.05) is 6.92 Å². The van der Waals surface area contributed by atoms with Crippen LogP contribution in [-0.4, -0.2) is 29.7 Å². The van der Waals surface area contributed by atoms with E-state index >= 15 is 0 Å². The van der Waals surface area contributed by atoms with Gasteiger partial charge >= 0.3 is 0 Å². The van der Waals surface area contributed by atoms with Crippen LogP contribution in [-0.2, 0) is 4.74 Å². The number of halogens is 1. The SMILES string of the molecule is CCOCCCNc1cc(Cl)nc(C2CC2)n1. The molecule has 1 heterocycles. The third-order valence-electron chi connectivity index (χ3n) is 2.63. The number of ether oxygens (including phenoxy) is 1. The van der Waals surface area contributed by atoms with E-state index in [0.29, 0.717) is 11.1 Å². The van der Waals surface area contributed by atoms with Crippen molar-refractivity contribution in [3.63, 3.8) is 0 Å². The molecule has 1 aromatic rings. The van der Waals surface area contributed by atoms with Crippen LogP contribution >= 0.6 is 11.6 Å². The van der Waals surface area contributed by atoms with Gasteiger partial charge in [0.2, 0.25) is 0 Å². The highest BCUT2D eigenvalue weighted by atomic mass is 35.5. The highest BCUT2D eigenvalue weighted by molar-refractivity contribution is 6.29. The minimum Gasteiger partial charge on any atom is -0.382 e. The van der Waals surface area contributed by atoms with Crippen molar-refractivity contribution >= 4 is 17.4 Å². The van der Waals surface area contributed by atoms with Crippen molar-refractivity contribution in [2.45, 2.75) is 32.1 Å². The van der Waals surface area contributed by atoms with E-state index < -0.39 is 0 Å². The largest absolute Gasteiger partial charge is 0.382 e. The zero-order valence-electron chi connectivity index (χ0n) is 10.1. The molecule has 0 amide bonds. The molecule has 94 valence electrons. The first kappa shape index (κ1) is 12.6. The van der Waals surface area contributed by atoms with E-state index in [1.165, 1.54) is 12.8 Å². The molecule has 0 saturated heterocycles. The van der Waals surface area contributed by atoms with E-state index in [0.717, 1.165) is 37.8 Å². The van der Waals surface area contributed by atoms with Gasteiger partial charge in [-0.15, -0.1) is 0 Å². The molecule has 0 aromatic carbocycles. The van der Waals surface area contributed by atoms with Crippen molar-refractivity contribution in [1.29, 1.82) is 0 Å². The Bertz CT molecular complexity index is 369. The molecule has 0 atom stereocenters. The highest BCUT2D eigenvalue weighted by Gasteiger charge is 2.27. The first-order valence-corrected chi connectivity index (χ1v) is 6.53. The molecule has 0 unspecified atom stereocenters. The zero-order valence-corrected chi connectivity index (χ0v) is 10.8. The number of anilines is 1. The maximum absolute atomic E-state index is 5.97. The summed E-state index contributed by atoms with van der Waals surface area (Å²) in [5, 5.41) is 3.77. The van der Waals surface area contributed by atoms with Crippen LogP contribution in [0, 0.1) is 0 Å². The van der Waals surface area contributed by atoms with Gasteiger partial charge in [-0.1, -0.05) is 11.6 Å². The lowest BCUT2D eigenvalue weighted by molar-refractivity contribution is 0.147. The predicted molar refractivity (Wildman–Crippen MR) is 68.6 cm³/mol. The standard InChI is InChI=1S/C12H18ClN3O/c1-2-17-7-3-6-14-11-8-10(13)15-12(16-11)9-4-5-9/h8-9H,2-7H2,1H3,(H,14,15,16). The van der Waals surface area contributed by atoms with Crippen molar-refractivity contribution in [3.05, 3.63) is 17.0 Å². The fraction of sp³-hybridized carbons (Fsp3) is 0.667. The number of nitrogens with one attached hydrogen (secondary N) is 1. The van der Waals surface area contributed by atoms with Gasteiger partial charge in [0.15, 0.2) is 0 Å². The molecule has 2 rings (SSSR count). The lowest BCUT2D eigenvalue weighted by Crippen LogP contribution is -2.08. The summed E-state index contributed by atoms with van der Waals surface area (Å²) in [6.07, 6.45) is 3.34. The molecular weight excluding hydrogens is 238 g/mol. The fourth-order valence-corrected chi connectivity index (χ4v) is 1.77. The monoisotopic (exact) mass is 255 g/mol. The third kappa shape index (κ3) is 4.13. The normalized spacial score (nSPS) is 14.9. The summed E-state index contributed by atoms with van der Waals surface area (Å²) < 4.78 is 5.27. The second kappa shape index (κ2) is 6.17. The van der Waals surface area contributed by atoms with E-state index in [2.05, 4.69) is 15.3 Å². The molecule has 0 aliphatic heterocycles. The minimum atomic E-state index is 0.522. The van der Waals surface area contributed by atoms with Crippen LogP contribution < -0.4 is 5.32 Å². The number of nitrogens with zero attached hydrogens (tertiary/aromatic N) is 2. The van der Waals surface area contributed by atoms with Crippen LogP contribution in [0.25, 0.3) is 0 Å². The Morgan fingerprint density at radius 1 is 1.47 bits per heavy atom. The number of rotatable bonds is 7. The van der Waals surface area contributed by atoms with Crippen LogP contribution in [0.1, 0.15) is 37.9 Å². The van der Waals surface area contributed by atoms with Crippen molar-refractivity contribution in [3.8, 4) is 0 Å². The van der Waals surface area contributed by atoms with Crippen molar-refractivity contribution < 1.29 is 4.74 Å².